The summed E-state index contributed by atoms with van der Waals surface area (Å²) in [5.74, 6) is 0.413. The zero-order valence-electron chi connectivity index (χ0n) is 12.8. The molecule has 22 heavy (non-hydrogen) atoms. The number of nitrogens with one attached hydrogen (secondary N) is 1. The molecule has 0 aliphatic rings. The van der Waals surface area contributed by atoms with E-state index < -0.39 is 0 Å². The number of nitrogens with two attached hydrogens (primary N) is 1. The third kappa shape index (κ3) is 5.41. The van der Waals surface area contributed by atoms with Crippen LogP contribution in [-0.4, -0.2) is 12.5 Å². The fourth-order valence-corrected chi connectivity index (χ4v) is 2.34. The molecule has 0 radical (unpaired) electrons. The third-order valence-electron chi connectivity index (χ3n) is 3.65. The summed E-state index contributed by atoms with van der Waals surface area (Å²) in [6, 6.07) is 17.7. The maximum Gasteiger partial charge on any atom is 0.224 e. The van der Waals surface area contributed by atoms with Gasteiger partial charge in [-0.2, -0.15) is 0 Å². The fraction of sp³-hybridized carbons (Fsp3) is 0.278. The summed E-state index contributed by atoms with van der Waals surface area (Å²) in [5, 5.41) is 3.03. The Morgan fingerprint density at radius 3 is 2.32 bits per heavy atom. The Morgan fingerprint density at radius 2 is 1.73 bits per heavy atom. The van der Waals surface area contributed by atoms with Gasteiger partial charge in [0.15, 0.2) is 0 Å². The van der Waals surface area contributed by atoms with Crippen molar-refractivity contribution in [2.45, 2.75) is 25.7 Å². The van der Waals surface area contributed by atoms with E-state index in [0.29, 0.717) is 24.6 Å². The van der Waals surface area contributed by atoms with Crippen LogP contribution in [0.1, 0.15) is 30.4 Å². The molecule has 1 amide bonds. The van der Waals surface area contributed by atoms with Gasteiger partial charge in [0.25, 0.3) is 0 Å². The Hall–Kier alpha value is -2.00. The molecule has 3 nitrogen and oxygen atoms in total. The summed E-state index contributed by atoms with van der Waals surface area (Å²) in [6.45, 7) is 2.82. The standard InChI is InChI=1S/C18H22N2O.ClH/c1-2-15(16-6-4-3-5-7-16)13-20-18(21)12-14-8-10-17(19)11-9-14;/h3-11,15H,2,12-13,19H2,1H3,(H,20,21);1H. The number of rotatable bonds is 6. The van der Waals surface area contributed by atoms with Gasteiger partial charge in [0, 0.05) is 18.2 Å². The van der Waals surface area contributed by atoms with Crippen LogP contribution in [0, 0.1) is 0 Å². The van der Waals surface area contributed by atoms with Crippen molar-refractivity contribution in [3.05, 3.63) is 65.7 Å². The molecule has 1 unspecified atom stereocenters. The van der Waals surface area contributed by atoms with E-state index in [1.165, 1.54) is 5.56 Å². The average Bonchev–Trinajstić information content (AvgIpc) is 2.51. The molecule has 0 saturated heterocycles. The summed E-state index contributed by atoms with van der Waals surface area (Å²) in [4.78, 5) is 12.0. The van der Waals surface area contributed by atoms with Gasteiger partial charge >= 0.3 is 0 Å². The third-order valence-corrected chi connectivity index (χ3v) is 3.65. The maximum absolute atomic E-state index is 12.0. The van der Waals surface area contributed by atoms with Crippen molar-refractivity contribution in [1.29, 1.82) is 0 Å². The molecule has 0 aliphatic heterocycles. The van der Waals surface area contributed by atoms with Gasteiger partial charge in [-0.15, -0.1) is 12.4 Å². The van der Waals surface area contributed by atoms with Crippen LogP contribution in [0.3, 0.4) is 0 Å². The van der Waals surface area contributed by atoms with E-state index in [9.17, 15) is 4.79 Å². The molecule has 118 valence electrons. The van der Waals surface area contributed by atoms with E-state index in [1.807, 2.05) is 42.5 Å². The van der Waals surface area contributed by atoms with Crippen LogP contribution in [-0.2, 0) is 11.2 Å². The van der Waals surface area contributed by atoms with E-state index in [2.05, 4.69) is 24.4 Å². The number of hydrogen-bond acceptors (Lipinski definition) is 2. The molecule has 0 saturated carbocycles. The van der Waals surface area contributed by atoms with Crippen LogP contribution < -0.4 is 11.1 Å². The van der Waals surface area contributed by atoms with Crippen LogP contribution >= 0.6 is 12.4 Å². The fourth-order valence-electron chi connectivity index (χ4n) is 2.34. The normalized spacial score (nSPS) is 11.3. The largest absolute Gasteiger partial charge is 0.399 e. The molecule has 2 rings (SSSR count). The second-order valence-electron chi connectivity index (χ2n) is 5.24. The number of benzene rings is 2. The number of amides is 1. The lowest BCUT2D eigenvalue weighted by atomic mass is 9.96. The average molecular weight is 319 g/mol. The smallest absolute Gasteiger partial charge is 0.224 e. The molecule has 2 aromatic rings. The Balaban J connectivity index is 0.00000242. The van der Waals surface area contributed by atoms with E-state index in [4.69, 9.17) is 5.73 Å². The molecule has 0 aliphatic carbocycles. The first kappa shape index (κ1) is 18.1. The van der Waals surface area contributed by atoms with Crippen LogP contribution in [0.15, 0.2) is 54.6 Å². The van der Waals surface area contributed by atoms with Gasteiger partial charge in [-0.05, 0) is 29.7 Å². The molecule has 0 heterocycles. The van der Waals surface area contributed by atoms with E-state index in [1.54, 1.807) is 0 Å². The highest BCUT2D eigenvalue weighted by atomic mass is 35.5. The lowest BCUT2D eigenvalue weighted by Gasteiger charge is -2.16. The molecule has 4 heteroatoms. The van der Waals surface area contributed by atoms with Crippen molar-refractivity contribution >= 4 is 24.0 Å². The van der Waals surface area contributed by atoms with Crippen molar-refractivity contribution in [2.75, 3.05) is 12.3 Å². The zero-order chi connectivity index (χ0) is 15.1. The van der Waals surface area contributed by atoms with Crippen molar-refractivity contribution in [1.82, 2.24) is 5.32 Å². The maximum atomic E-state index is 12.0. The summed E-state index contributed by atoms with van der Waals surface area (Å²) in [7, 11) is 0. The second kappa shape index (κ2) is 9.11. The van der Waals surface area contributed by atoms with E-state index in [0.717, 1.165) is 12.0 Å². The molecule has 1 atom stereocenters. The Bertz CT molecular complexity index is 569. The van der Waals surface area contributed by atoms with Gasteiger partial charge in [-0.3, -0.25) is 4.79 Å². The monoisotopic (exact) mass is 318 g/mol. The quantitative estimate of drug-likeness (QED) is 0.800. The summed E-state index contributed by atoms with van der Waals surface area (Å²) < 4.78 is 0. The van der Waals surface area contributed by atoms with Crippen molar-refractivity contribution in [3.8, 4) is 0 Å². The number of nitrogen functional groups attached to an aromatic ring is 1. The summed E-state index contributed by atoms with van der Waals surface area (Å²) >= 11 is 0. The minimum atomic E-state index is 0. The highest BCUT2D eigenvalue weighted by molar-refractivity contribution is 5.85. The van der Waals surface area contributed by atoms with Crippen LogP contribution in [0.25, 0.3) is 0 Å². The first-order valence-corrected chi connectivity index (χ1v) is 7.35. The SMILES string of the molecule is CCC(CNC(=O)Cc1ccc(N)cc1)c1ccccc1.Cl. The predicted octanol–water partition coefficient (Wildman–Crippen LogP) is 3.54. The molecular formula is C18H23ClN2O. The van der Waals surface area contributed by atoms with Crippen molar-refractivity contribution in [2.24, 2.45) is 0 Å². The van der Waals surface area contributed by atoms with E-state index >= 15 is 0 Å². The molecule has 0 aromatic heterocycles. The Labute approximate surface area is 138 Å². The molecule has 2 aromatic carbocycles. The lowest BCUT2D eigenvalue weighted by molar-refractivity contribution is -0.120. The number of anilines is 1. The second-order valence-corrected chi connectivity index (χ2v) is 5.24. The van der Waals surface area contributed by atoms with Gasteiger partial charge in [0.2, 0.25) is 5.91 Å². The number of halogens is 1. The van der Waals surface area contributed by atoms with Crippen LogP contribution in [0.4, 0.5) is 5.69 Å². The van der Waals surface area contributed by atoms with Gasteiger partial charge in [-0.25, -0.2) is 0 Å². The number of hydrogen-bond donors (Lipinski definition) is 2. The molecule has 0 fully saturated rings. The topological polar surface area (TPSA) is 55.1 Å². The van der Waals surface area contributed by atoms with Gasteiger partial charge in [-0.1, -0.05) is 49.4 Å². The number of carbonyl (C=O) groups excluding carboxylic acids is 1. The first-order chi connectivity index (χ1) is 10.2. The van der Waals surface area contributed by atoms with Crippen molar-refractivity contribution < 1.29 is 4.79 Å². The Kier molecular flexibility index (Phi) is 7.47. The molecule has 3 N–H and O–H groups in total. The van der Waals surface area contributed by atoms with Gasteiger partial charge in [0.1, 0.15) is 0 Å². The van der Waals surface area contributed by atoms with Gasteiger partial charge in [0.05, 0.1) is 6.42 Å². The molecular weight excluding hydrogens is 296 g/mol. The minimum Gasteiger partial charge on any atom is -0.399 e. The molecule has 0 spiro atoms. The Morgan fingerprint density at radius 1 is 1.09 bits per heavy atom. The van der Waals surface area contributed by atoms with Crippen LogP contribution in [0.5, 0.6) is 0 Å². The number of carbonyl (C=O) groups is 1. The van der Waals surface area contributed by atoms with Gasteiger partial charge < -0.3 is 11.1 Å². The predicted molar refractivity (Wildman–Crippen MR) is 94.3 cm³/mol. The van der Waals surface area contributed by atoms with E-state index in [-0.39, 0.29) is 18.3 Å². The summed E-state index contributed by atoms with van der Waals surface area (Å²) in [5.41, 5.74) is 8.61. The first-order valence-electron chi connectivity index (χ1n) is 7.35. The highest BCUT2D eigenvalue weighted by Gasteiger charge is 2.11. The summed E-state index contributed by atoms with van der Waals surface area (Å²) in [6.07, 6.45) is 1.40. The minimum absolute atomic E-state index is 0. The van der Waals surface area contributed by atoms with Crippen LogP contribution in [0.2, 0.25) is 0 Å². The van der Waals surface area contributed by atoms with Crippen molar-refractivity contribution in [3.63, 3.8) is 0 Å². The highest BCUT2D eigenvalue weighted by Crippen LogP contribution is 2.18. The lowest BCUT2D eigenvalue weighted by Crippen LogP contribution is -2.29. The zero-order valence-corrected chi connectivity index (χ0v) is 13.6. The molecule has 0 bridgehead atoms.